The summed E-state index contributed by atoms with van der Waals surface area (Å²) < 4.78 is 10.7. The third kappa shape index (κ3) is 4.13. The van der Waals surface area contributed by atoms with Crippen molar-refractivity contribution in [2.75, 3.05) is 5.32 Å². The molecule has 7 heteroatoms. The van der Waals surface area contributed by atoms with Crippen LogP contribution in [0.5, 0.6) is 5.75 Å². The molecular weight excluding hydrogens is 365 g/mol. The summed E-state index contributed by atoms with van der Waals surface area (Å²) in [5, 5.41) is 4.25. The highest BCUT2D eigenvalue weighted by Crippen LogP contribution is 2.26. The summed E-state index contributed by atoms with van der Waals surface area (Å²) in [4.78, 5) is 23.6. The van der Waals surface area contributed by atoms with Crippen LogP contribution in [0.2, 0.25) is 10.0 Å². The monoisotopic (exact) mass is 377 g/mol. The van der Waals surface area contributed by atoms with Crippen molar-refractivity contribution < 1.29 is 13.9 Å². The molecule has 0 fully saturated rings. The predicted octanol–water partition coefficient (Wildman–Crippen LogP) is 4.51. The molecule has 2 aromatic carbocycles. The van der Waals surface area contributed by atoms with Crippen molar-refractivity contribution in [1.29, 1.82) is 0 Å². The minimum Gasteiger partial charge on any atom is -0.481 e. The second kappa shape index (κ2) is 7.17. The summed E-state index contributed by atoms with van der Waals surface area (Å²) in [6.45, 7) is 1.60. The molecule has 0 spiro atoms. The van der Waals surface area contributed by atoms with E-state index in [2.05, 4.69) is 5.32 Å². The molecule has 0 aliphatic carbocycles. The zero-order chi connectivity index (χ0) is 18.0. The van der Waals surface area contributed by atoms with Gasteiger partial charge < -0.3 is 14.5 Å². The van der Waals surface area contributed by atoms with E-state index < -0.39 is 11.7 Å². The lowest BCUT2D eigenvalue weighted by Crippen LogP contribution is -2.30. The van der Waals surface area contributed by atoms with Crippen molar-refractivity contribution in [1.82, 2.24) is 0 Å². The number of halogens is 2. The number of hydrogen-bond acceptors (Lipinski definition) is 4. The Kier molecular flexibility index (Phi) is 4.97. The first-order chi connectivity index (χ1) is 11.9. The van der Waals surface area contributed by atoms with Crippen LogP contribution in [0, 0.1) is 0 Å². The van der Waals surface area contributed by atoms with Gasteiger partial charge in [-0.05, 0) is 43.3 Å². The molecule has 1 N–H and O–H groups in total. The Bertz CT molecular complexity index is 1000. The van der Waals surface area contributed by atoms with E-state index in [-0.39, 0.29) is 5.91 Å². The lowest BCUT2D eigenvalue weighted by atomic mass is 10.2. The molecule has 1 atom stereocenters. The Labute approximate surface area is 153 Å². The summed E-state index contributed by atoms with van der Waals surface area (Å²) >= 11 is 11.9. The number of rotatable bonds is 4. The first-order valence-corrected chi connectivity index (χ1v) is 8.14. The molecule has 0 aliphatic heterocycles. The first-order valence-electron chi connectivity index (χ1n) is 7.39. The third-order valence-corrected chi connectivity index (χ3v) is 4.01. The van der Waals surface area contributed by atoms with Gasteiger partial charge in [0.05, 0.1) is 10.7 Å². The van der Waals surface area contributed by atoms with Crippen molar-refractivity contribution in [2.24, 2.45) is 0 Å². The molecule has 0 radical (unpaired) electrons. The van der Waals surface area contributed by atoms with E-state index in [4.69, 9.17) is 32.4 Å². The molecule has 3 aromatic rings. The van der Waals surface area contributed by atoms with Gasteiger partial charge in [-0.25, -0.2) is 4.79 Å². The van der Waals surface area contributed by atoms with E-state index in [1.165, 1.54) is 12.1 Å². The second-order valence-electron chi connectivity index (χ2n) is 5.33. The quantitative estimate of drug-likeness (QED) is 0.679. The highest BCUT2D eigenvalue weighted by Gasteiger charge is 2.16. The zero-order valence-electron chi connectivity index (χ0n) is 13.1. The standard InChI is InChI=1S/C18H13Cl2NO4/c1-10(18(23)21-15-6-4-12(19)8-14(15)20)24-13-5-2-11-3-7-17(22)25-16(11)9-13/h2-10H,1H3,(H,21,23)/t10-/m1/s1. The molecule has 1 aromatic heterocycles. The average Bonchev–Trinajstić information content (AvgIpc) is 2.57. The van der Waals surface area contributed by atoms with Gasteiger partial charge in [0.2, 0.25) is 0 Å². The molecule has 0 aliphatic rings. The van der Waals surface area contributed by atoms with Crippen LogP contribution in [0.1, 0.15) is 6.92 Å². The summed E-state index contributed by atoms with van der Waals surface area (Å²) in [6.07, 6.45) is -0.792. The van der Waals surface area contributed by atoms with Crippen LogP contribution in [0.3, 0.4) is 0 Å². The number of anilines is 1. The highest BCUT2D eigenvalue weighted by atomic mass is 35.5. The van der Waals surface area contributed by atoms with Crippen molar-refractivity contribution in [3.05, 3.63) is 69.0 Å². The number of carbonyl (C=O) groups excluding carboxylic acids is 1. The Balaban J connectivity index is 1.73. The molecule has 0 unspecified atom stereocenters. The smallest absolute Gasteiger partial charge is 0.336 e. The molecule has 5 nitrogen and oxygen atoms in total. The predicted molar refractivity (Wildman–Crippen MR) is 97.7 cm³/mol. The van der Waals surface area contributed by atoms with Crippen LogP contribution in [-0.2, 0) is 4.79 Å². The first kappa shape index (κ1) is 17.3. The number of carbonyl (C=O) groups is 1. The van der Waals surface area contributed by atoms with Crippen molar-refractivity contribution in [3.63, 3.8) is 0 Å². The topological polar surface area (TPSA) is 68.5 Å². The molecule has 0 saturated carbocycles. The van der Waals surface area contributed by atoms with Gasteiger partial charge in [0.1, 0.15) is 11.3 Å². The lowest BCUT2D eigenvalue weighted by molar-refractivity contribution is -0.122. The maximum Gasteiger partial charge on any atom is 0.336 e. The summed E-state index contributed by atoms with van der Waals surface area (Å²) in [7, 11) is 0. The molecule has 0 bridgehead atoms. The number of hydrogen-bond donors (Lipinski definition) is 1. The van der Waals surface area contributed by atoms with Gasteiger partial charge in [0.25, 0.3) is 5.91 Å². The Morgan fingerprint density at radius 2 is 1.88 bits per heavy atom. The van der Waals surface area contributed by atoms with Gasteiger partial charge in [0.15, 0.2) is 6.10 Å². The lowest BCUT2D eigenvalue weighted by Gasteiger charge is -2.15. The molecule has 1 heterocycles. The summed E-state index contributed by atoms with van der Waals surface area (Å²) in [5.74, 6) is 0.0329. The van der Waals surface area contributed by atoms with Gasteiger partial charge in [-0.1, -0.05) is 23.2 Å². The Morgan fingerprint density at radius 1 is 1.12 bits per heavy atom. The minimum absolute atomic E-state index is 0.334. The Hall–Kier alpha value is -2.50. The fourth-order valence-electron chi connectivity index (χ4n) is 2.20. The minimum atomic E-state index is -0.792. The number of benzene rings is 2. The zero-order valence-corrected chi connectivity index (χ0v) is 14.6. The van der Waals surface area contributed by atoms with Gasteiger partial charge >= 0.3 is 5.63 Å². The van der Waals surface area contributed by atoms with Gasteiger partial charge in [-0.15, -0.1) is 0 Å². The third-order valence-electron chi connectivity index (χ3n) is 3.47. The number of fused-ring (bicyclic) bond motifs is 1. The van der Waals surface area contributed by atoms with Crippen LogP contribution in [0.25, 0.3) is 11.0 Å². The van der Waals surface area contributed by atoms with Crippen LogP contribution < -0.4 is 15.7 Å². The van der Waals surface area contributed by atoms with E-state index >= 15 is 0 Å². The maximum atomic E-state index is 12.3. The number of ether oxygens (including phenoxy) is 1. The Morgan fingerprint density at radius 3 is 2.64 bits per heavy atom. The molecule has 128 valence electrons. The van der Waals surface area contributed by atoms with Crippen LogP contribution in [-0.4, -0.2) is 12.0 Å². The molecule has 1 amide bonds. The van der Waals surface area contributed by atoms with Gasteiger partial charge in [0, 0.05) is 22.5 Å². The van der Waals surface area contributed by atoms with Crippen LogP contribution in [0.4, 0.5) is 5.69 Å². The van der Waals surface area contributed by atoms with Gasteiger partial charge in [-0.3, -0.25) is 4.79 Å². The van der Waals surface area contributed by atoms with E-state index in [9.17, 15) is 9.59 Å². The molecular formula is C18H13Cl2NO4. The maximum absolute atomic E-state index is 12.3. The van der Waals surface area contributed by atoms with Crippen molar-refractivity contribution in [2.45, 2.75) is 13.0 Å². The summed E-state index contributed by atoms with van der Waals surface area (Å²) in [6, 6.07) is 12.8. The fraction of sp³-hybridized carbons (Fsp3) is 0.111. The van der Waals surface area contributed by atoms with Crippen molar-refractivity contribution >= 4 is 45.8 Å². The SMILES string of the molecule is C[C@@H](Oc1ccc2ccc(=O)oc2c1)C(=O)Nc1ccc(Cl)cc1Cl. The average molecular weight is 378 g/mol. The number of nitrogens with one attached hydrogen (secondary N) is 1. The van der Waals surface area contributed by atoms with Crippen LogP contribution in [0.15, 0.2) is 57.7 Å². The van der Waals surface area contributed by atoms with E-state index in [1.807, 2.05) is 0 Å². The molecule has 3 rings (SSSR count). The van der Waals surface area contributed by atoms with E-state index in [0.717, 1.165) is 5.39 Å². The highest BCUT2D eigenvalue weighted by molar-refractivity contribution is 6.36. The molecule has 25 heavy (non-hydrogen) atoms. The van der Waals surface area contributed by atoms with E-state index in [1.54, 1.807) is 43.3 Å². The summed E-state index contributed by atoms with van der Waals surface area (Å²) in [5.41, 5.74) is 0.377. The fourth-order valence-corrected chi connectivity index (χ4v) is 2.65. The largest absolute Gasteiger partial charge is 0.481 e. The normalized spacial score (nSPS) is 12.0. The van der Waals surface area contributed by atoms with E-state index in [0.29, 0.717) is 27.1 Å². The number of amides is 1. The molecule has 0 saturated heterocycles. The second-order valence-corrected chi connectivity index (χ2v) is 6.17. The van der Waals surface area contributed by atoms with Crippen molar-refractivity contribution in [3.8, 4) is 5.75 Å². The van der Waals surface area contributed by atoms with Crippen LogP contribution >= 0.6 is 23.2 Å². The van der Waals surface area contributed by atoms with Gasteiger partial charge in [-0.2, -0.15) is 0 Å².